The standard InChI is InChI=1S/C30H32ClF3N8O6/c1-42(2)24(45)23(44)35-15-12-21(25(46)47-3)37-22(43)17-4-10-20(11-5-17)36-26-38-27(40-28(39-26)48-16-30(32,33)34)41-29(13-14-29)18-6-8-19(31)9-7-18/h4-11,21H,12-16H2,1-3H3,(H,35,44)(H,37,43)(H2,36,38,39,40,41)/t21-/m0/s1. The number of rotatable bonds is 13. The lowest BCUT2D eigenvalue weighted by molar-refractivity contribution is -0.154. The second-order valence-electron chi connectivity index (χ2n) is 10.9. The number of anilines is 3. The molecule has 1 heterocycles. The maximum absolute atomic E-state index is 12.9. The molecule has 0 spiro atoms. The van der Waals surface area contributed by atoms with Crippen LogP contribution in [0.5, 0.6) is 6.01 Å². The average Bonchev–Trinajstić information content (AvgIpc) is 3.82. The van der Waals surface area contributed by atoms with Crippen molar-refractivity contribution >= 4 is 52.9 Å². The van der Waals surface area contributed by atoms with E-state index in [1.807, 2.05) is 12.1 Å². The lowest BCUT2D eigenvalue weighted by Crippen LogP contribution is -2.45. The van der Waals surface area contributed by atoms with Crippen LogP contribution in [0.3, 0.4) is 0 Å². The molecule has 3 aromatic rings. The summed E-state index contributed by atoms with van der Waals surface area (Å²) in [6.45, 7) is -1.71. The Labute approximate surface area is 277 Å². The molecule has 256 valence electrons. The number of methoxy groups -OCH3 is 1. The summed E-state index contributed by atoms with van der Waals surface area (Å²) in [7, 11) is 3.96. The molecular weight excluding hydrogens is 661 g/mol. The Morgan fingerprint density at radius 1 is 0.979 bits per heavy atom. The van der Waals surface area contributed by atoms with Crippen LogP contribution in [0.4, 0.5) is 30.8 Å². The lowest BCUT2D eigenvalue weighted by Gasteiger charge is -2.19. The Balaban J connectivity index is 1.45. The van der Waals surface area contributed by atoms with Crippen molar-refractivity contribution in [1.29, 1.82) is 0 Å². The Morgan fingerprint density at radius 3 is 2.21 bits per heavy atom. The highest BCUT2D eigenvalue weighted by atomic mass is 35.5. The van der Waals surface area contributed by atoms with E-state index in [0.29, 0.717) is 23.6 Å². The summed E-state index contributed by atoms with van der Waals surface area (Å²) < 4.78 is 48.2. The van der Waals surface area contributed by atoms with Crippen molar-refractivity contribution in [3.63, 3.8) is 0 Å². The maximum atomic E-state index is 12.9. The largest absolute Gasteiger partial charge is 0.467 e. The number of hydrogen-bond acceptors (Lipinski definition) is 11. The first-order chi connectivity index (χ1) is 22.7. The molecule has 4 rings (SSSR count). The van der Waals surface area contributed by atoms with E-state index in [0.717, 1.165) is 17.6 Å². The zero-order valence-corrected chi connectivity index (χ0v) is 26.7. The molecule has 2 aromatic carbocycles. The number of amides is 3. The number of likely N-dealkylation sites (N-methyl/N-ethyl adjacent to an activating group) is 1. The minimum Gasteiger partial charge on any atom is -0.467 e. The van der Waals surface area contributed by atoms with Gasteiger partial charge in [-0.2, -0.15) is 28.1 Å². The van der Waals surface area contributed by atoms with Gasteiger partial charge >= 0.3 is 30.0 Å². The van der Waals surface area contributed by atoms with Crippen LogP contribution in [0.15, 0.2) is 48.5 Å². The average molecular weight is 693 g/mol. The minimum atomic E-state index is -4.63. The molecule has 0 saturated heterocycles. The third kappa shape index (κ3) is 9.90. The van der Waals surface area contributed by atoms with E-state index in [4.69, 9.17) is 21.1 Å². The molecule has 48 heavy (non-hydrogen) atoms. The molecule has 0 radical (unpaired) electrons. The van der Waals surface area contributed by atoms with E-state index >= 15 is 0 Å². The van der Waals surface area contributed by atoms with Gasteiger partial charge in [-0.3, -0.25) is 14.4 Å². The molecule has 1 fully saturated rings. The minimum absolute atomic E-state index is 0.0238. The summed E-state index contributed by atoms with van der Waals surface area (Å²) in [5.41, 5.74) is 0.859. The molecule has 1 aromatic heterocycles. The van der Waals surface area contributed by atoms with Gasteiger partial charge in [0.05, 0.1) is 12.6 Å². The first-order valence-electron chi connectivity index (χ1n) is 14.4. The Bertz CT molecular complexity index is 1640. The van der Waals surface area contributed by atoms with Crippen LogP contribution in [0.1, 0.15) is 35.2 Å². The first kappa shape index (κ1) is 35.7. The number of nitrogens with zero attached hydrogens (tertiary/aromatic N) is 4. The van der Waals surface area contributed by atoms with Crippen molar-refractivity contribution in [2.45, 2.75) is 37.0 Å². The van der Waals surface area contributed by atoms with Gasteiger partial charge in [-0.05, 0) is 61.2 Å². The highest BCUT2D eigenvalue weighted by Crippen LogP contribution is 2.48. The highest BCUT2D eigenvalue weighted by Gasteiger charge is 2.45. The lowest BCUT2D eigenvalue weighted by atomic mass is 10.1. The molecule has 0 aliphatic heterocycles. The number of nitrogens with one attached hydrogen (secondary N) is 4. The van der Waals surface area contributed by atoms with E-state index in [2.05, 4.69) is 36.2 Å². The van der Waals surface area contributed by atoms with E-state index in [1.54, 1.807) is 12.1 Å². The fraction of sp³-hybridized carbons (Fsp3) is 0.367. The SMILES string of the molecule is COC(=O)[C@H](CCNC(=O)C(=O)N(C)C)NC(=O)c1ccc(Nc2nc(NC3(c4ccc(Cl)cc4)CC3)nc(OCC(F)(F)F)n2)cc1. The van der Waals surface area contributed by atoms with Crippen LogP contribution in [-0.2, 0) is 24.7 Å². The summed E-state index contributed by atoms with van der Waals surface area (Å²) in [4.78, 5) is 62.1. The van der Waals surface area contributed by atoms with Crippen molar-refractivity contribution in [2.24, 2.45) is 0 Å². The monoisotopic (exact) mass is 692 g/mol. The van der Waals surface area contributed by atoms with Crippen LogP contribution in [0.25, 0.3) is 0 Å². The van der Waals surface area contributed by atoms with Gasteiger partial charge in [-0.1, -0.05) is 23.7 Å². The summed E-state index contributed by atoms with van der Waals surface area (Å²) in [5, 5.41) is 11.5. The summed E-state index contributed by atoms with van der Waals surface area (Å²) in [6, 6.07) is 11.2. The number of aromatic nitrogens is 3. The second kappa shape index (κ2) is 15.1. The number of hydrogen-bond donors (Lipinski definition) is 4. The van der Waals surface area contributed by atoms with E-state index < -0.39 is 54.1 Å². The number of alkyl halides is 3. The van der Waals surface area contributed by atoms with E-state index in [9.17, 15) is 32.3 Å². The number of ether oxygens (including phenoxy) is 2. The fourth-order valence-electron chi connectivity index (χ4n) is 4.35. The van der Waals surface area contributed by atoms with Crippen molar-refractivity contribution in [3.8, 4) is 6.01 Å². The van der Waals surface area contributed by atoms with Gasteiger partial charge in [0.15, 0.2) is 6.61 Å². The van der Waals surface area contributed by atoms with Gasteiger partial charge in [-0.25, -0.2) is 4.79 Å². The quantitative estimate of drug-likeness (QED) is 0.153. The molecule has 4 N–H and O–H groups in total. The number of esters is 1. The maximum Gasteiger partial charge on any atom is 0.422 e. The predicted octanol–water partition coefficient (Wildman–Crippen LogP) is 3.18. The fourth-order valence-corrected chi connectivity index (χ4v) is 4.47. The molecule has 1 atom stereocenters. The molecule has 0 bridgehead atoms. The van der Waals surface area contributed by atoms with Gasteiger partial charge in [0.25, 0.3) is 5.91 Å². The third-order valence-corrected chi connectivity index (χ3v) is 7.24. The number of benzene rings is 2. The molecule has 1 aliphatic carbocycles. The molecule has 14 nitrogen and oxygen atoms in total. The van der Waals surface area contributed by atoms with Gasteiger partial charge < -0.3 is 35.6 Å². The molecule has 18 heteroatoms. The summed E-state index contributed by atoms with van der Waals surface area (Å²) in [5.74, 6) is -3.20. The van der Waals surface area contributed by atoms with Crippen molar-refractivity contribution in [3.05, 3.63) is 64.7 Å². The van der Waals surface area contributed by atoms with Gasteiger partial charge in [0.2, 0.25) is 11.9 Å². The first-order valence-corrected chi connectivity index (χ1v) is 14.8. The van der Waals surface area contributed by atoms with E-state index in [1.165, 1.54) is 38.4 Å². The molecule has 0 unspecified atom stereocenters. The molecule has 1 saturated carbocycles. The van der Waals surface area contributed by atoms with Crippen LogP contribution in [-0.4, -0.2) is 90.1 Å². The van der Waals surface area contributed by atoms with Crippen LogP contribution in [0, 0.1) is 0 Å². The Hall–Kier alpha value is -5.19. The van der Waals surface area contributed by atoms with Crippen LogP contribution in [0.2, 0.25) is 5.02 Å². The van der Waals surface area contributed by atoms with E-state index in [-0.39, 0.29) is 30.4 Å². The molecule has 3 amide bonds. The number of carbonyl (C=O) groups excluding carboxylic acids is 4. The second-order valence-corrected chi connectivity index (χ2v) is 11.3. The Kier molecular flexibility index (Phi) is 11.3. The zero-order valence-electron chi connectivity index (χ0n) is 26.0. The normalized spacial score (nSPS) is 13.8. The number of carbonyl (C=O) groups is 4. The van der Waals surface area contributed by atoms with Crippen molar-refractivity contribution in [1.82, 2.24) is 30.5 Å². The zero-order chi connectivity index (χ0) is 35.1. The third-order valence-electron chi connectivity index (χ3n) is 6.99. The summed E-state index contributed by atoms with van der Waals surface area (Å²) >= 11 is 6.01. The summed E-state index contributed by atoms with van der Waals surface area (Å²) in [6.07, 6.45) is -3.25. The van der Waals surface area contributed by atoms with Crippen LogP contribution >= 0.6 is 11.6 Å². The van der Waals surface area contributed by atoms with Crippen molar-refractivity contribution in [2.75, 3.05) is 45.0 Å². The van der Waals surface area contributed by atoms with Gasteiger partial charge in [-0.15, -0.1) is 0 Å². The molecular formula is C30H32ClF3N8O6. The molecule has 1 aliphatic rings. The highest BCUT2D eigenvalue weighted by molar-refractivity contribution is 6.34. The van der Waals surface area contributed by atoms with Crippen LogP contribution < -0.4 is 26.0 Å². The topological polar surface area (TPSA) is 177 Å². The number of halogens is 4. The smallest absolute Gasteiger partial charge is 0.422 e. The van der Waals surface area contributed by atoms with Gasteiger partial charge in [0, 0.05) is 36.9 Å². The predicted molar refractivity (Wildman–Crippen MR) is 167 cm³/mol. The van der Waals surface area contributed by atoms with Gasteiger partial charge in [0.1, 0.15) is 6.04 Å². The Morgan fingerprint density at radius 2 is 1.62 bits per heavy atom. The van der Waals surface area contributed by atoms with Crippen molar-refractivity contribution < 1.29 is 41.8 Å².